The van der Waals surface area contributed by atoms with Crippen molar-refractivity contribution in [2.45, 2.75) is 26.2 Å². The van der Waals surface area contributed by atoms with E-state index in [1.807, 2.05) is 4.90 Å². The number of nitro groups is 1. The lowest BCUT2D eigenvalue weighted by molar-refractivity contribution is -0.384. The Hall–Kier alpha value is -4.09. The average Bonchev–Trinajstić information content (AvgIpc) is 3.23. The van der Waals surface area contributed by atoms with Crippen LogP contribution < -0.4 is 15.6 Å². The minimum absolute atomic E-state index is 0.0876. The summed E-state index contributed by atoms with van der Waals surface area (Å²) in [5.74, 6) is -0.229. The van der Waals surface area contributed by atoms with Crippen LogP contribution in [0, 0.1) is 17.0 Å². The largest absolute Gasteiger partial charge is 0.340 e. The molecule has 1 aliphatic rings. The molecular formula is C19H20N8O4. The second kappa shape index (κ2) is 8.34. The molecule has 160 valence electrons. The molecule has 12 heteroatoms. The number of nitro benzene ring substituents is 1. The standard InChI is InChI=1S/C19H20N8O4/c1-12-11-15(28)16(24-26(12)13-7-3-4-8-14(13)27(30)31)17(29)20-18-21-19(23-22-18)25-9-5-2-6-10-25/h3-4,7-8,11H,2,5-6,9-10H2,1H3,(H2,20,21,22,23,29). The number of para-hydroxylation sites is 2. The SMILES string of the molecule is Cc1cc(=O)c(C(=O)Nc2nc(N3CCCCC3)n[nH]2)nn1-c1ccccc1[N+](=O)[O-]. The molecule has 0 radical (unpaired) electrons. The maximum atomic E-state index is 12.7. The van der Waals surface area contributed by atoms with Crippen LogP contribution in [-0.4, -0.2) is 48.9 Å². The van der Waals surface area contributed by atoms with Gasteiger partial charge in [-0.15, -0.1) is 5.10 Å². The van der Waals surface area contributed by atoms with Gasteiger partial charge < -0.3 is 4.90 Å². The summed E-state index contributed by atoms with van der Waals surface area (Å²) in [5, 5.41) is 24.7. The molecule has 0 atom stereocenters. The van der Waals surface area contributed by atoms with Gasteiger partial charge in [0.2, 0.25) is 17.3 Å². The number of carbonyl (C=O) groups excluding carboxylic acids is 1. The predicted octanol–water partition coefficient (Wildman–Crippen LogP) is 1.81. The van der Waals surface area contributed by atoms with E-state index in [9.17, 15) is 19.7 Å². The monoisotopic (exact) mass is 424 g/mol. The van der Waals surface area contributed by atoms with Crippen LogP contribution in [0.25, 0.3) is 5.69 Å². The Bertz CT molecular complexity index is 1200. The number of nitrogens with one attached hydrogen (secondary N) is 2. The van der Waals surface area contributed by atoms with Crippen LogP contribution in [0.4, 0.5) is 17.6 Å². The number of rotatable bonds is 5. The van der Waals surface area contributed by atoms with Gasteiger partial charge in [-0.2, -0.15) is 10.1 Å². The molecule has 1 amide bonds. The molecule has 3 heterocycles. The van der Waals surface area contributed by atoms with E-state index in [2.05, 4.69) is 25.6 Å². The zero-order valence-corrected chi connectivity index (χ0v) is 16.7. The molecule has 12 nitrogen and oxygen atoms in total. The van der Waals surface area contributed by atoms with E-state index in [0.717, 1.165) is 32.4 Å². The fourth-order valence-electron chi connectivity index (χ4n) is 3.46. The van der Waals surface area contributed by atoms with Crippen LogP contribution in [0.5, 0.6) is 0 Å². The lowest BCUT2D eigenvalue weighted by atomic mass is 10.1. The highest BCUT2D eigenvalue weighted by Crippen LogP contribution is 2.22. The van der Waals surface area contributed by atoms with Crippen molar-refractivity contribution in [3.05, 3.63) is 62.1 Å². The number of hydrogen-bond donors (Lipinski definition) is 2. The number of aromatic amines is 1. The van der Waals surface area contributed by atoms with Gasteiger partial charge in [0.1, 0.15) is 5.69 Å². The first-order valence-corrected chi connectivity index (χ1v) is 9.77. The Morgan fingerprint density at radius 3 is 2.71 bits per heavy atom. The zero-order valence-electron chi connectivity index (χ0n) is 16.7. The van der Waals surface area contributed by atoms with Crippen molar-refractivity contribution in [3.63, 3.8) is 0 Å². The number of piperidine rings is 1. The molecule has 1 saturated heterocycles. The number of aryl methyl sites for hydroxylation is 1. The summed E-state index contributed by atoms with van der Waals surface area (Å²) >= 11 is 0. The number of anilines is 2. The normalized spacial score (nSPS) is 13.8. The molecule has 2 aromatic heterocycles. The summed E-state index contributed by atoms with van der Waals surface area (Å²) in [6, 6.07) is 7.16. The number of amides is 1. The number of carbonyl (C=O) groups is 1. The van der Waals surface area contributed by atoms with E-state index in [-0.39, 0.29) is 17.3 Å². The maximum absolute atomic E-state index is 12.7. The molecule has 3 aromatic rings. The van der Waals surface area contributed by atoms with Crippen molar-refractivity contribution >= 4 is 23.5 Å². The second-order valence-electron chi connectivity index (χ2n) is 7.14. The Morgan fingerprint density at radius 1 is 1.23 bits per heavy atom. The van der Waals surface area contributed by atoms with Gasteiger partial charge in [0.25, 0.3) is 11.6 Å². The summed E-state index contributed by atoms with van der Waals surface area (Å²) in [4.78, 5) is 42.2. The Balaban J connectivity index is 1.62. The highest BCUT2D eigenvalue weighted by Gasteiger charge is 2.22. The number of aromatic nitrogens is 5. The summed E-state index contributed by atoms with van der Waals surface area (Å²) in [5.41, 5.74) is -0.733. The molecule has 0 spiro atoms. The van der Waals surface area contributed by atoms with E-state index in [0.29, 0.717) is 11.6 Å². The van der Waals surface area contributed by atoms with Crippen molar-refractivity contribution in [3.8, 4) is 5.69 Å². The van der Waals surface area contributed by atoms with Crippen LogP contribution in [-0.2, 0) is 0 Å². The topological polar surface area (TPSA) is 152 Å². The summed E-state index contributed by atoms with van der Waals surface area (Å²) < 4.78 is 1.20. The molecule has 1 fully saturated rings. The van der Waals surface area contributed by atoms with Crippen LogP contribution in [0.15, 0.2) is 35.1 Å². The van der Waals surface area contributed by atoms with Crippen LogP contribution in [0.1, 0.15) is 35.4 Å². The third-order valence-electron chi connectivity index (χ3n) is 4.97. The first-order chi connectivity index (χ1) is 14.9. The van der Waals surface area contributed by atoms with Gasteiger partial charge in [0.15, 0.2) is 5.69 Å². The van der Waals surface area contributed by atoms with Gasteiger partial charge in [-0.25, -0.2) is 9.78 Å². The molecule has 0 bridgehead atoms. The molecule has 2 N–H and O–H groups in total. The second-order valence-corrected chi connectivity index (χ2v) is 7.14. The number of hydrogen-bond acceptors (Lipinski definition) is 8. The molecule has 31 heavy (non-hydrogen) atoms. The first kappa shape index (κ1) is 20.2. The molecule has 1 aromatic carbocycles. The Morgan fingerprint density at radius 2 is 1.97 bits per heavy atom. The van der Waals surface area contributed by atoms with Gasteiger partial charge in [0.05, 0.1) is 4.92 Å². The number of benzene rings is 1. The van der Waals surface area contributed by atoms with Gasteiger partial charge in [0, 0.05) is 30.9 Å². The Labute approximate surface area is 176 Å². The van der Waals surface area contributed by atoms with E-state index in [1.165, 1.54) is 28.9 Å². The van der Waals surface area contributed by atoms with Crippen molar-refractivity contribution < 1.29 is 9.72 Å². The summed E-state index contributed by atoms with van der Waals surface area (Å²) in [7, 11) is 0. The minimum atomic E-state index is -0.793. The molecular weight excluding hydrogens is 404 g/mol. The van der Waals surface area contributed by atoms with Gasteiger partial charge in [-0.1, -0.05) is 12.1 Å². The smallest absolute Gasteiger partial charge is 0.294 e. The lowest BCUT2D eigenvalue weighted by Gasteiger charge is -2.24. The van der Waals surface area contributed by atoms with Gasteiger partial charge in [-0.05, 0) is 32.3 Å². The first-order valence-electron chi connectivity index (χ1n) is 9.77. The fraction of sp³-hybridized carbons (Fsp3) is 0.316. The minimum Gasteiger partial charge on any atom is -0.340 e. The highest BCUT2D eigenvalue weighted by atomic mass is 16.6. The van der Waals surface area contributed by atoms with Crippen molar-refractivity contribution in [1.82, 2.24) is 25.0 Å². The average molecular weight is 424 g/mol. The maximum Gasteiger partial charge on any atom is 0.294 e. The lowest BCUT2D eigenvalue weighted by Crippen LogP contribution is -2.30. The van der Waals surface area contributed by atoms with Crippen LogP contribution in [0.3, 0.4) is 0 Å². The highest BCUT2D eigenvalue weighted by molar-refractivity contribution is 6.01. The van der Waals surface area contributed by atoms with Gasteiger partial charge >= 0.3 is 0 Å². The van der Waals surface area contributed by atoms with Crippen LogP contribution >= 0.6 is 0 Å². The number of H-pyrrole nitrogens is 1. The molecule has 0 unspecified atom stereocenters. The zero-order chi connectivity index (χ0) is 22.0. The molecule has 4 rings (SSSR count). The molecule has 0 aliphatic carbocycles. The van der Waals surface area contributed by atoms with Crippen molar-refractivity contribution in [2.24, 2.45) is 0 Å². The van der Waals surface area contributed by atoms with E-state index in [1.54, 1.807) is 13.0 Å². The Kier molecular flexibility index (Phi) is 5.43. The van der Waals surface area contributed by atoms with Crippen LogP contribution in [0.2, 0.25) is 0 Å². The summed E-state index contributed by atoms with van der Waals surface area (Å²) in [6.45, 7) is 3.25. The third-order valence-corrected chi connectivity index (χ3v) is 4.97. The van der Waals surface area contributed by atoms with Crippen molar-refractivity contribution in [1.29, 1.82) is 0 Å². The van der Waals surface area contributed by atoms with Crippen molar-refractivity contribution in [2.75, 3.05) is 23.3 Å². The molecule has 0 saturated carbocycles. The fourth-order valence-corrected chi connectivity index (χ4v) is 3.46. The van der Waals surface area contributed by atoms with Gasteiger partial charge in [-0.3, -0.25) is 25.0 Å². The third kappa shape index (κ3) is 4.13. The van der Waals surface area contributed by atoms with E-state index in [4.69, 9.17) is 0 Å². The van der Waals surface area contributed by atoms with E-state index >= 15 is 0 Å². The van der Waals surface area contributed by atoms with E-state index < -0.39 is 22.0 Å². The predicted molar refractivity (Wildman–Crippen MR) is 112 cm³/mol. The number of nitrogens with zero attached hydrogens (tertiary/aromatic N) is 6. The molecule has 1 aliphatic heterocycles. The quantitative estimate of drug-likeness (QED) is 0.465. The summed E-state index contributed by atoms with van der Waals surface area (Å²) in [6.07, 6.45) is 3.26.